The third kappa shape index (κ3) is 1.76. The molecule has 0 aliphatic heterocycles. The Hall–Kier alpha value is -2.17. The summed E-state index contributed by atoms with van der Waals surface area (Å²) < 4.78 is 0. The molecule has 1 aromatic carbocycles. The van der Waals surface area contributed by atoms with Gasteiger partial charge in [-0.1, -0.05) is 56.3 Å². The SMILES string of the molecule is CC12CCC(C(=O)NCc3ccccc3)(C(=O)/C1=N\O)C2(C)C. The number of carbonyl (C=O) groups excluding carboxylic acids is 2. The summed E-state index contributed by atoms with van der Waals surface area (Å²) in [6.07, 6.45) is 1.17. The van der Waals surface area contributed by atoms with Crippen LogP contribution in [0.1, 0.15) is 39.2 Å². The van der Waals surface area contributed by atoms with Crippen molar-refractivity contribution in [2.45, 2.75) is 40.2 Å². The second-order valence-electron chi connectivity index (χ2n) is 7.31. The molecule has 122 valence electrons. The normalized spacial score (nSPS) is 33.2. The van der Waals surface area contributed by atoms with E-state index in [4.69, 9.17) is 0 Å². The number of nitrogens with zero attached hydrogens (tertiary/aromatic N) is 1. The van der Waals surface area contributed by atoms with Gasteiger partial charge in [0.1, 0.15) is 11.1 Å². The molecule has 5 nitrogen and oxygen atoms in total. The van der Waals surface area contributed by atoms with Gasteiger partial charge in [-0.25, -0.2) is 0 Å². The third-order valence-electron chi connectivity index (χ3n) is 6.36. The summed E-state index contributed by atoms with van der Waals surface area (Å²) >= 11 is 0. The average Bonchev–Trinajstić information content (AvgIpc) is 2.81. The second kappa shape index (κ2) is 4.91. The van der Waals surface area contributed by atoms with Gasteiger partial charge in [-0.15, -0.1) is 0 Å². The van der Waals surface area contributed by atoms with Gasteiger partial charge in [-0.3, -0.25) is 9.59 Å². The lowest BCUT2D eigenvalue weighted by Gasteiger charge is -2.37. The van der Waals surface area contributed by atoms with Crippen molar-refractivity contribution >= 4 is 17.4 Å². The molecule has 1 aromatic rings. The molecule has 23 heavy (non-hydrogen) atoms. The lowest BCUT2D eigenvalue weighted by Crippen LogP contribution is -2.50. The van der Waals surface area contributed by atoms with Gasteiger partial charge < -0.3 is 10.5 Å². The van der Waals surface area contributed by atoms with Crippen LogP contribution in [-0.4, -0.2) is 22.6 Å². The molecule has 2 aliphatic rings. The zero-order valence-corrected chi connectivity index (χ0v) is 13.7. The van der Waals surface area contributed by atoms with Crippen LogP contribution in [-0.2, 0) is 16.1 Å². The third-order valence-corrected chi connectivity index (χ3v) is 6.36. The molecule has 2 aliphatic carbocycles. The molecule has 3 rings (SSSR count). The Balaban J connectivity index is 1.91. The number of rotatable bonds is 3. The lowest BCUT2D eigenvalue weighted by atomic mass is 9.64. The van der Waals surface area contributed by atoms with Crippen LogP contribution in [0.2, 0.25) is 0 Å². The summed E-state index contributed by atoms with van der Waals surface area (Å²) in [4.78, 5) is 25.8. The minimum absolute atomic E-state index is 0.142. The Morgan fingerprint density at radius 2 is 1.87 bits per heavy atom. The summed E-state index contributed by atoms with van der Waals surface area (Å²) in [5.74, 6) is -0.594. The van der Waals surface area contributed by atoms with Crippen molar-refractivity contribution in [2.24, 2.45) is 21.4 Å². The molecule has 2 unspecified atom stereocenters. The first-order valence-electron chi connectivity index (χ1n) is 7.91. The number of oxime groups is 1. The predicted octanol–water partition coefficient (Wildman–Crippen LogP) is 2.53. The molecule has 0 radical (unpaired) electrons. The number of benzene rings is 1. The fourth-order valence-electron chi connectivity index (χ4n) is 4.38. The Labute approximate surface area is 135 Å². The molecule has 0 spiro atoms. The summed E-state index contributed by atoms with van der Waals surface area (Å²) in [7, 11) is 0. The number of ketones is 1. The zero-order valence-electron chi connectivity index (χ0n) is 13.7. The molecule has 5 heteroatoms. The van der Waals surface area contributed by atoms with Crippen LogP contribution in [0.4, 0.5) is 0 Å². The van der Waals surface area contributed by atoms with Crippen molar-refractivity contribution in [3.63, 3.8) is 0 Å². The summed E-state index contributed by atoms with van der Waals surface area (Å²) in [6.45, 7) is 6.16. The highest BCUT2D eigenvalue weighted by Gasteiger charge is 2.76. The highest BCUT2D eigenvalue weighted by atomic mass is 16.4. The van der Waals surface area contributed by atoms with Gasteiger partial charge in [0.25, 0.3) is 0 Å². The molecule has 1 amide bonds. The van der Waals surface area contributed by atoms with Gasteiger partial charge in [0.05, 0.1) is 0 Å². The van der Waals surface area contributed by atoms with Crippen molar-refractivity contribution in [2.75, 3.05) is 0 Å². The van der Waals surface area contributed by atoms with Gasteiger partial charge in [0, 0.05) is 12.0 Å². The Bertz CT molecular complexity index is 695. The van der Waals surface area contributed by atoms with Gasteiger partial charge in [0.15, 0.2) is 5.78 Å². The fraction of sp³-hybridized carbons (Fsp3) is 0.500. The number of fused-ring (bicyclic) bond motifs is 2. The molecule has 2 N–H and O–H groups in total. The molecular formula is C18H22N2O3. The summed E-state index contributed by atoms with van der Waals surface area (Å²) in [6, 6.07) is 9.60. The van der Waals surface area contributed by atoms with Crippen molar-refractivity contribution in [3.8, 4) is 0 Å². The van der Waals surface area contributed by atoms with E-state index in [9.17, 15) is 14.8 Å². The molecule has 2 bridgehead atoms. The van der Waals surface area contributed by atoms with E-state index in [0.717, 1.165) is 5.56 Å². The first kappa shape index (κ1) is 15.7. The minimum Gasteiger partial charge on any atom is -0.411 e. The van der Waals surface area contributed by atoms with Crippen LogP contribution in [0.5, 0.6) is 0 Å². The quantitative estimate of drug-likeness (QED) is 0.511. The van der Waals surface area contributed by atoms with E-state index in [1.54, 1.807) is 0 Å². The second-order valence-corrected chi connectivity index (χ2v) is 7.31. The maximum atomic E-state index is 13.0. The van der Waals surface area contributed by atoms with Gasteiger partial charge in [-0.2, -0.15) is 0 Å². The van der Waals surface area contributed by atoms with Crippen LogP contribution in [0.25, 0.3) is 0 Å². The van der Waals surface area contributed by atoms with Gasteiger partial charge in [-0.05, 0) is 23.8 Å². The summed E-state index contributed by atoms with van der Waals surface area (Å²) in [5.41, 5.74) is -1.17. The highest BCUT2D eigenvalue weighted by Crippen LogP contribution is 2.69. The summed E-state index contributed by atoms with van der Waals surface area (Å²) in [5, 5.41) is 15.5. The van der Waals surface area contributed by atoms with Crippen molar-refractivity contribution in [1.82, 2.24) is 5.32 Å². The predicted molar refractivity (Wildman–Crippen MR) is 86.1 cm³/mol. The van der Waals surface area contributed by atoms with E-state index in [-0.39, 0.29) is 17.4 Å². The Kier molecular flexibility index (Phi) is 3.36. The number of amides is 1. The molecule has 2 saturated carbocycles. The van der Waals surface area contributed by atoms with Crippen LogP contribution >= 0.6 is 0 Å². The molecule has 2 fully saturated rings. The molecule has 0 aromatic heterocycles. The van der Waals surface area contributed by atoms with Crippen molar-refractivity contribution in [1.29, 1.82) is 0 Å². The zero-order chi connectivity index (χ0) is 16.9. The first-order chi connectivity index (χ1) is 10.8. The fourth-order valence-corrected chi connectivity index (χ4v) is 4.38. The number of nitrogens with one attached hydrogen (secondary N) is 1. The van der Waals surface area contributed by atoms with Crippen molar-refractivity contribution in [3.05, 3.63) is 35.9 Å². The highest BCUT2D eigenvalue weighted by molar-refractivity contribution is 6.50. The largest absolute Gasteiger partial charge is 0.411 e. The number of carbonyl (C=O) groups is 2. The van der Waals surface area contributed by atoms with Crippen LogP contribution in [0, 0.1) is 16.2 Å². The van der Waals surface area contributed by atoms with E-state index in [1.165, 1.54) is 0 Å². The van der Waals surface area contributed by atoms with E-state index >= 15 is 0 Å². The van der Waals surface area contributed by atoms with E-state index < -0.39 is 16.2 Å². The van der Waals surface area contributed by atoms with E-state index in [1.807, 2.05) is 51.1 Å². The van der Waals surface area contributed by atoms with E-state index in [2.05, 4.69) is 10.5 Å². The van der Waals surface area contributed by atoms with E-state index in [0.29, 0.717) is 19.4 Å². The minimum atomic E-state index is -1.14. The smallest absolute Gasteiger partial charge is 0.234 e. The standard InChI is InChI=1S/C18H22N2O3/c1-16(2)17(3)9-10-18(16,14(21)13(17)20-23)15(22)19-11-12-7-5-4-6-8-12/h4-8,23H,9-11H2,1-3H3,(H,19,22)/b20-13+. The van der Waals surface area contributed by atoms with Gasteiger partial charge in [0.2, 0.25) is 5.91 Å². The maximum absolute atomic E-state index is 13.0. The average molecular weight is 314 g/mol. The molecule has 0 saturated heterocycles. The number of hydrogen-bond donors (Lipinski definition) is 2. The topological polar surface area (TPSA) is 78.8 Å². The molecular weight excluding hydrogens is 292 g/mol. The Morgan fingerprint density at radius 3 is 2.43 bits per heavy atom. The lowest BCUT2D eigenvalue weighted by molar-refractivity contribution is -0.144. The van der Waals surface area contributed by atoms with Crippen molar-refractivity contribution < 1.29 is 14.8 Å². The first-order valence-corrected chi connectivity index (χ1v) is 7.91. The van der Waals surface area contributed by atoms with Gasteiger partial charge >= 0.3 is 0 Å². The monoisotopic (exact) mass is 314 g/mol. The van der Waals surface area contributed by atoms with Crippen LogP contribution in [0.3, 0.4) is 0 Å². The molecule has 2 atom stereocenters. The maximum Gasteiger partial charge on any atom is 0.234 e. The number of Topliss-reactive ketones (excluding diaryl/α,β-unsaturated/α-hetero) is 1. The Morgan fingerprint density at radius 1 is 1.22 bits per heavy atom. The molecule has 0 heterocycles. The van der Waals surface area contributed by atoms with Crippen LogP contribution in [0.15, 0.2) is 35.5 Å². The number of hydrogen-bond acceptors (Lipinski definition) is 4. The van der Waals surface area contributed by atoms with Crippen LogP contribution < -0.4 is 5.32 Å².